The predicted molar refractivity (Wildman–Crippen MR) is 59.3 cm³/mol. The molecule has 0 bridgehead atoms. The third-order valence-corrected chi connectivity index (χ3v) is 1.92. The molecule has 1 N–H and O–H groups in total. The Kier molecular flexibility index (Phi) is 6.26. The van der Waals surface area contributed by atoms with Crippen LogP contribution in [-0.2, 0) is 22.7 Å². The van der Waals surface area contributed by atoms with Gasteiger partial charge in [0.1, 0.15) is 0 Å². The predicted octanol–water partition coefficient (Wildman–Crippen LogP) is 3.04. The van der Waals surface area contributed by atoms with Gasteiger partial charge >= 0.3 is 0 Å². The Morgan fingerprint density at radius 1 is 0.933 bits per heavy atom. The first-order valence-corrected chi connectivity index (χ1v) is 4.72. The number of rotatable bonds is 1. The van der Waals surface area contributed by atoms with Gasteiger partial charge in [0.25, 0.3) is 0 Å². The first-order chi connectivity index (χ1) is 6.61. The normalized spacial score (nSPS) is 9.80. The minimum Gasteiger partial charge on any atom is -0.748 e. The van der Waals surface area contributed by atoms with Gasteiger partial charge < -0.3 is 35.4 Å². The smallest absolute Gasteiger partial charge is 0.0405 e. The Morgan fingerprint density at radius 3 is 1.47 bits per heavy atom. The van der Waals surface area contributed by atoms with Gasteiger partial charge in [0, 0.05) is 22.7 Å². The van der Waals surface area contributed by atoms with Gasteiger partial charge in [-0.2, -0.15) is 12.1 Å². The Bertz CT molecular complexity index is 297. The molecule has 2 heteroatoms. The summed E-state index contributed by atoms with van der Waals surface area (Å²) in [6.45, 7) is 3.56. The zero-order valence-electron chi connectivity index (χ0n) is 9.00. The van der Waals surface area contributed by atoms with Crippen molar-refractivity contribution in [3.05, 3.63) is 60.2 Å². The van der Waals surface area contributed by atoms with Crippen LogP contribution < -0.4 is 0 Å². The van der Waals surface area contributed by atoms with Crippen LogP contribution in [0.1, 0.15) is 19.4 Å². The quantitative estimate of drug-likeness (QED) is 0.603. The van der Waals surface area contributed by atoms with Crippen molar-refractivity contribution in [3.63, 3.8) is 0 Å². The van der Waals surface area contributed by atoms with E-state index in [9.17, 15) is 5.11 Å². The van der Waals surface area contributed by atoms with Crippen molar-refractivity contribution in [1.29, 1.82) is 0 Å². The van der Waals surface area contributed by atoms with Crippen LogP contribution in [0.15, 0.2) is 54.6 Å². The van der Waals surface area contributed by atoms with Gasteiger partial charge in [-0.3, -0.25) is 0 Å². The molecule has 2 aromatic rings. The maximum Gasteiger partial charge on any atom is 0.0405 e. The minimum atomic E-state index is -0.677. The summed E-state index contributed by atoms with van der Waals surface area (Å²) >= 11 is 0. The van der Waals surface area contributed by atoms with Crippen LogP contribution in [0.25, 0.3) is 0 Å². The van der Waals surface area contributed by atoms with Crippen molar-refractivity contribution < 1.29 is 22.2 Å². The van der Waals surface area contributed by atoms with Crippen LogP contribution >= 0.6 is 0 Å². The molecule has 0 amide bonds. The average Bonchev–Trinajstić information content (AvgIpc) is 2.80. The molecule has 0 aromatic heterocycles. The van der Waals surface area contributed by atoms with Crippen molar-refractivity contribution in [3.8, 4) is 0 Å². The van der Waals surface area contributed by atoms with Gasteiger partial charge in [-0.25, -0.2) is 12.1 Å². The molecule has 0 radical (unpaired) electrons. The van der Waals surface area contributed by atoms with E-state index < -0.39 is 5.60 Å². The van der Waals surface area contributed by atoms with Gasteiger partial charge in [-0.15, -0.1) is 5.56 Å². The van der Waals surface area contributed by atoms with E-state index in [4.69, 9.17) is 0 Å². The molecule has 0 fully saturated rings. The number of hydrogen-bond acceptors (Lipinski definition) is 1. The standard InChI is InChI=1S/C8H11O.C5H5.Fe/c1-8(2,9)7-5-3-4-6-7;1-2-4-5-3-1;/h3-6,9H,1-2H3;1-5H;/q-1;-5;. The van der Waals surface area contributed by atoms with E-state index in [0.29, 0.717) is 0 Å². The summed E-state index contributed by atoms with van der Waals surface area (Å²) in [6.07, 6.45) is 0. The van der Waals surface area contributed by atoms with Crippen LogP contribution in [-0.4, -0.2) is 5.11 Å². The third kappa shape index (κ3) is 5.58. The van der Waals surface area contributed by atoms with Gasteiger partial charge in [0.05, 0.1) is 0 Å². The van der Waals surface area contributed by atoms with Crippen LogP contribution in [0.4, 0.5) is 0 Å². The molecular weight excluding hydrogens is 228 g/mol. The topological polar surface area (TPSA) is 20.2 Å². The molecule has 0 saturated carbocycles. The van der Waals surface area contributed by atoms with Gasteiger partial charge in [-0.1, -0.05) is 0 Å². The van der Waals surface area contributed by atoms with Crippen molar-refractivity contribution >= 4 is 0 Å². The molecule has 0 saturated heterocycles. The fraction of sp³-hybridized carbons (Fsp3) is 0.231. The molecule has 0 spiro atoms. The molecule has 2 aromatic carbocycles. The molecule has 88 valence electrons. The summed E-state index contributed by atoms with van der Waals surface area (Å²) in [5.74, 6) is 0. The SMILES string of the molecule is CC(C)(O)[c-]1cccc1.[Fe].[cH-]1[cH-][cH-][cH-][cH-]1. The van der Waals surface area contributed by atoms with Gasteiger partial charge in [0.2, 0.25) is 0 Å². The second-order valence-corrected chi connectivity index (χ2v) is 3.69. The van der Waals surface area contributed by atoms with E-state index in [1.807, 2.05) is 54.6 Å². The average molecular weight is 244 g/mol. The molecule has 0 heterocycles. The second-order valence-electron chi connectivity index (χ2n) is 3.69. The molecule has 0 unspecified atom stereocenters. The van der Waals surface area contributed by atoms with Crippen molar-refractivity contribution in [1.82, 2.24) is 0 Å². The minimum absolute atomic E-state index is 0. The van der Waals surface area contributed by atoms with Crippen molar-refractivity contribution in [2.24, 2.45) is 0 Å². The van der Waals surface area contributed by atoms with Gasteiger partial charge in [-0.05, 0) is 13.8 Å². The number of hydrogen-bond donors (Lipinski definition) is 1. The summed E-state index contributed by atoms with van der Waals surface area (Å²) in [5, 5.41) is 9.38. The van der Waals surface area contributed by atoms with E-state index >= 15 is 0 Å². The van der Waals surface area contributed by atoms with E-state index in [1.54, 1.807) is 13.8 Å². The molecule has 0 aliphatic carbocycles. The van der Waals surface area contributed by atoms with Crippen molar-refractivity contribution in [2.75, 3.05) is 0 Å². The number of aliphatic hydroxyl groups is 1. The maximum atomic E-state index is 9.38. The monoisotopic (exact) mass is 244 g/mol. The Morgan fingerprint density at radius 2 is 1.27 bits per heavy atom. The van der Waals surface area contributed by atoms with E-state index in [0.717, 1.165) is 5.56 Å². The molecule has 0 aliphatic heterocycles. The second kappa shape index (κ2) is 6.62. The van der Waals surface area contributed by atoms with Crippen LogP contribution in [0, 0.1) is 0 Å². The van der Waals surface area contributed by atoms with E-state index in [2.05, 4.69) is 0 Å². The molecule has 0 atom stereocenters. The largest absolute Gasteiger partial charge is 0.748 e. The van der Waals surface area contributed by atoms with Crippen molar-refractivity contribution in [2.45, 2.75) is 19.4 Å². The fourth-order valence-corrected chi connectivity index (χ4v) is 1.10. The summed E-state index contributed by atoms with van der Waals surface area (Å²) in [5.41, 5.74) is 0.297. The summed E-state index contributed by atoms with van der Waals surface area (Å²) in [6, 6.07) is 17.7. The third-order valence-electron chi connectivity index (χ3n) is 1.92. The molecule has 0 aliphatic rings. The summed E-state index contributed by atoms with van der Waals surface area (Å²) < 4.78 is 0. The zero-order valence-corrected chi connectivity index (χ0v) is 10.1. The van der Waals surface area contributed by atoms with Crippen LogP contribution in [0.3, 0.4) is 0 Å². The molecular formula is C13H16FeO-6. The Labute approximate surface area is 102 Å². The first-order valence-electron chi connectivity index (χ1n) is 4.72. The molecule has 2 rings (SSSR count). The Balaban J connectivity index is 0.000000280. The molecule has 15 heavy (non-hydrogen) atoms. The zero-order chi connectivity index (χ0) is 10.4. The van der Waals surface area contributed by atoms with Crippen LogP contribution in [0.5, 0.6) is 0 Å². The van der Waals surface area contributed by atoms with Crippen LogP contribution in [0.2, 0.25) is 0 Å². The maximum absolute atomic E-state index is 9.38. The Hall–Kier alpha value is -0.821. The fourth-order valence-electron chi connectivity index (χ4n) is 1.10. The van der Waals surface area contributed by atoms with E-state index in [-0.39, 0.29) is 17.1 Å². The summed E-state index contributed by atoms with van der Waals surface area (Å²) in [7, 11) is 0. The molecule has 1 nitrogen and oxygen atoms in total. The first kappa shape index (κ1) is 14.2. The summed E-state index contributed by atoms with van der Waals surface area (Å²) in [4.78, 5) is 0. The van der Waals surface area contributed by atoms with E-state index in [1.165, 1.54) is 0 Å². The van der Waals surface area contributed by atoms with Gasteiger partial charge in [0.15, 0.2) is 0 Å².